The molecule has 0 aromatic heterocycles. The quantitative estimate of drug-likeness (QED) is 0.338. The van der Waals surface area contributed by atoms with Crippen molar-refractivity contribution >= 4 is 17.2 Å². The van der Waals surface area contributed by atoms with Gasteiger partial charge < -0.3 is 4.90 Å². The first-order chi connectivity index (χ1) is 15.3. The van der Waals surface area contributed by atoms with Gasteiger partial charge in [0.05, 0.1) is 5.41 Å². The third-order valence-corrected chi connectivity index (χ3v) is 6.80. The van der Waals surface area contributed by atoms with Crippen LogP contribution in [0.15, 0.2) is 97.1 Å². The summed E-state index contributed by atoms with van der Waals surface area (Å²) >= 11 is 0. The van der Waals surface area contributed by atoms with Crippen molar-refractivity contribution in [1.29, 1.82) is 0 Å². The molecular weight excluding hydrogens is 378 g/mol. The second-order valence-corrected chi connectivity index (χ2v) is 8.36. The number of rotatable bonds is 2. The van der Waals surface area contributed by atoms with E-state index in [-0.39, 0.29) is 5.78 Å². The Morgan fingerprint density at radius 1 is 0.613 bits per heavy atom. The van der Waals surface area contributed by atoms with Gasteiger partial charge in [-0.15, -0.1) is 0 Å². The van der Waals surface area contributed by atoms with Crippen molar-refractivity contribution in [1.82, 2.24) is 0 Å². The molecule has 1 aliphatic carbocycles. The first-order valence-electron chi connectivity index (χ1n) is 11.0. The summed E-state index contributed by atoms with van der Waals surface area (Å²) in [6.45, 7) is 3.17. The van der Waals surface area contributed by atoms with Crippen molar-refractivity contribution in [2.24, 2.45) is 0 Å². The lowest BCUT2D eigenvalue weighted by Gasteiger charge is -2.48. The maximum absolute atomic E-state index is 13.5. The fourth-order valence-corrected chi connectivity index (χ4v) is 5.68. The minimum Gasteiger partial charge on any atom is -0.341 e. The minimum atomic E-state index is -0.515. The molecule has 0 N–H and O–H groups in total. The Morgan fingerprint density at radius 3 is 1.52 bits per heavy atom. The predicted molar refractivity (Wildman–Crippen MR) is 125 cm³/mol. The highest BCUT2D eigenvalue weighted by atomic mass is 16.1. The van der Waals surface area contributed by atoms with Gasteiger partial charge >= 0.3 is 0 Å². The van der Waals surface area contributed by atoms with Gasteiger partial charge in [-0.1, -0.05) is 91.9 Å². The summed E-state index contributed by atoms with van der Waals surface area (Å²) in [6.07, 6.45) is 1.06. The summed E-state index contributed by atoms with van der Waals surface area (Å²) in [5, 5.41) is 0. The number of nitrogens with zero attached hydrogens (tertiary/aromatic N) is 1. The van der Waals surface area contributed by atoms with Crippen LogP contribution in [0.2, 0.25) is 0 Å². The van der Waals surface area contributed by atoms with Crippen molar-refractivity contribution < 1.29 is 4.79 Å². The number of carbonyl (C=O) groups excluding carboxylic acids is 1. The van der Waals surface area contributed by atoms with Gasteiger partial charge in [0.2, 0.25) is 0 Å². The van der Waals surface area contributed by atoms with E-state index < -0.39 is 5.41 Å². The van der Waals surface area contributed by atoms with Gasteiger partial charge in [0.15, 0.2) is 5.78 Å². The predicted octanol–water partition coefficient (Wildman–Crippen LogP) is 6.48. The Bertz CT molecular complexity index is 1240. The molecule has 2 heteroatoms. The van der Waals surface area contributed by atoms with E-state index in [1.54, 1.807) is 0 Å². The summed E-state index contributed by atoms with van der Waals surface area (Å²) in [6, 6.07) is 33.8. The molecule has 4 aromatic rings. The standard InChI is InChI=1S/C29H23NO/c1-2-19-30-26-17-9-7-15-24(26)29(25-16-8-10-18-27(25)30)22-13-5-3-11-20(22)28(31)21-12-4-6-14-23(21)29/h3-18H,2,19H2,1H3. The zero-order valence-corrected chi connectivity index (χ0v) is 17.5. The Balaban J connectivity index is 1.84. The Labute approximate surface area is 182 Å². The lowest BCUT2D eigenvalue weighted by molar-refractivity contribution is 0.103. The number of hydrogen-bond donors (Lipinski definition) is 0. The highest BCUT2D eigenvalue weighted by molar-refractivity contribution is 6.14. The Kier molecular flexibility index (Phi) is 3.91. The van der Waals surface area contributed by atoms with Gasteiger partial charge in [-0.3, -0.25) is 4.79 Å². The smallest absolute Gasteiger partial charge is 0.193 e. The van der Waals surface area contributed by atoms with E-state index >= 15 is 0 Å². The number of carbonyl (C=O) groups is 1. The average Bonchev–Trinajstić information content (AvgIpc) is 2.84. The van der Waals surface area contributed by atoms with Crippen LogP contribution in [0.4, 0.5) is 11.4 Å². The molecule has 2 nitrogen and oxygen atoms in total. The molecule has 0 bridgehead atoms. The van der Waals surface area contributed by atoms with E-state index in [1.165, 1.54) is 22.5 Å². The number of anilines is 2. The number of hydrogen-bond acceptors (Lipinski definition) is 2. The van der Waals surface area contributed by atoms with Crippen LogP contribution in [-0.4, -0.2) is 12.3 Å². The molecule has 31 heavy (non-hydrogen) atoms. The maximum atomic E-state index is 13.5. The van der Waals surface area contributed by atoms with Crippen molar-refractivity contribution in [3.8, 4) is 0 Å². The average molecular weight is 402 g/mol. The van der Waals surface area contributed by atoms with Crippen molar-refractivity contribution in [2.75, 3.05) is 11.4 Å². The Hall–Kier alpha value is -3.65. The first-order valence-corrected chi connectivity index (χ1v) is 11.0. The van der Waals surface area contributed by atoms with E-state index in [4.69, 9.17) is 0 Å². The van der Waals surface area contributed by atoms with E-state index in [0.29, 0.717) is 0 Å². The van der Waals surface area contributed by atoms with Gasteiger partial charge in [0.1, 0.15) is 0 Å². The molecule has 4 aromatic carbocycles. The zero-order valence-electron chi connectivity index (χ0n) is 17.5. The summed E-state index contributed by atoms with van der Waals surface area (Å²) in [5.74, 6) is 0.114. The largest absolute Gasteiger partial charge is 0.341 e. The number of fused-ring (bicyclic) bond motifs is 8. The van der Waals surface area contributed by atoms with E-state index in [1.807, 2.05) is 24.3 Å². The monoisotopic (exact) mass is 401 g/mol. The van der Waals surface area contributed by atoms with Crippen LogP contribution in [0.3, 0.4) is 0 Å². The van der Waals surface area contributed by atoms with Crippen LogP contribution in [0.1, 0.15) is 51.5 Å². The van der Waals surface area contributed by atoms with Crippen LogP contribution in [0.25, 0.3) is 0 Å². The second-order valence-electron chi connectivity index (χ2n) is 8.36. The molecule has 0 unspecified atom stereocenters. The third kappa shape index (κ3) is 2.25. The van der Waals surface area contributed by atoms with Crippen LogP contribution < -0.4 is 4.90 Å². The van der Waals surface area contributed by atoms with Crippen LogP contribution >= 0.6 is 0 Å². The molecule has 0 saturated heterocycles. The molecule has 0 saturated carbocycles. The first kappa shape index (κ1) is 18.1. The fourth-order valence-electron chi connectivity index (χ4n) is 5.68. The molecule has 0 atom stereocenters. The third-order valence-electron chi connectivity index (χ3n) is 6.80. The van der Waals surface area contributed by atoms with E-state index in [2.05, 4.69) is 84.6 Å². The lowest BCUT2D eigenvalue weighted by atomic mass is 9.57. The highest BCUT2D eigenvalue weighted by Crippen LogP contribution is 2.58. The number of ketones is 1. The molecular formula is C29H23NO. The highest BCUT2D eigenvalue weighted by Gasteiger charge is 2.51. The Morgan fingerprint density at radius 2 is 1.03 bits per heavy atom. The lowest BCUT2D eigenvalue weighted by Crippen LogP contribution is -2.43. The van der Waals surface area contributed by atoms with Gasteiger partial charge in [0.25, 0.3) is 0 Å². The van der Waals surface area contributed by atoms with Crippen molar-refractivity contribution in [2.45, 2.75) is 18.8 Å². The second kappa shape index (κ2) is 6.68. The van der Waals surface area contributed by atoms with Gasteiger partial charge in [-0.05, 0) is 40.8 Å². The van der Waals surface area contributed by atoms with Gasteiger partial charge in [-0.2, -0.15) is 0 Å². The maximum Gasteiger partial charge on any atom is 0.193 e. The molecule has 0 amide bonds. The van der Waals surface area contributed by atoms with E-state index in [0.717, 1.165) is 35.2 Å². The molecule has 0 radical (unpaired) electrons. The minimum absolute atomic E-state index is 0.114. The van der Waals surface area contributed by atoms with Crippen molar-refractivity contribution in [3.63, 3.8) is 0 Å². The number of para-hydroxylation sites is 2. The van der Waals surface area contributed by atoms with Crippen LogP contribution in [0.5, 0.6) is 0 Å². The molecule has 2 aliphatic rings. The van der Waals surface area contributed by atoms with Crippen LogP contribution in [-0.2, 0) is 5.41 Å². The normalized spacial score (nSPS) is 15.1. The summed E-state index contributed by atoms with van der Waals surface area (Å²) < 4.78 is 0. The van der Waals surface area contributed by atoms with Gasteiger partial charge in [-0.25, -0.2) is 0 Å². The van der Waals surface area contributed by atoms with Gasteiger partial charge in [0, 0.05) is 29.0 Å². The summed E-state index contributed by atoms with van der Waals surface area (Å²) in [7, 11) is 0. The SMILES string of the molecule is CCCN1c2ccccc2C2(c3ccccc3C(=O)c3ccccc32)c2ccccc21. The molecule has 6 rings (SSSR count). The molecule has 1 heterocycles. The molecule has 1 aliphatic heterocycles. The topological polar surface area (TPSA) is 20.3 Å². The summed E-state index contributed by atoms with van der Waals surface area (Å²) in [5.41, 5.74) is 8.18. The molecule has 150 valence electrons. The summed E-state index contributed by atoms with van der Waals surface area (Å²) in [4.78, 5) is 16.0. The zero-order chi connectivity index (χ0) is 21.0. The fraction of sp³-hybridized carbons (Fsp3) is 0.138. The number of benzene rings is 4. The van der Waals surface area contributed by atoms with Crippen molar-refractivity contribution in [3.05, 3.63) is 130 Å². The van der Waals surface area contributed by atoms with E-state index in [9.17, 15) is 4.79 Å². The molecule has 0 fully saturated rings. The molecule has 1 spiro atoms. The van der Waals surface area contributed by atoms with Crippen LogP contribution in [0, 0.1) is 0 Å².